The van der Waals surface area contributed by atoms with E-state index in [9.17, 15) is 9.90 Å². The van der Waals surface area contributed by atoms with Crippen molar-refractivity contribution in [3.05, 3.63) is 0 Å². The molecule has 3 atom stereocenters. The van der Waals surface area contributed by atoms with Crippen molar-refractivity contribution in [1.29, 1.82) is 0 Å². The van der Waals surface area contributed by atoms with Crippen molar-refractivity contribution < 1.29 is 24.1 Å². The summed E-state index contributed by atoms with van der Waals surface area (Å²) in [6.45, 7) is 3.77. The molecule has 24 heavy (non-hydrogen) atoms. The summed E-state index contributed by atoms with van der Waals surface area (Å²) in [6, 6.07) is 0. The molecular weight excluding hydrogens is 308 g/mol. The van der Waals surface area contributed by atoms with Crippen LogP contribution in [0.2, 0.25) is 0 Å². The molecule has 140 valence electrons. The van der Waals surface area contributed by atoms with Crippen molar-refractivity contribution >= 4 is 5.97 Å². The van der Waals surface area contributed by atoms with E-state index in [0.29, 0.717) is 13.0 Å². The van der Waals surface area contributed by atoms with Gasteiger partial charge < -0.3 is 19.3 Å². The maximum Gasteiger partial charge on any atom is 0.314 e. The topological polar surface area (TPSA) is 65.0 Å². The Kier molecular flexibility index (Phi) is 8.50. The zero-order valence-electron chi connectivity index (χ0n) is 15.1. The van der Waals surface area contributed by atoms with Crippen molar-refractivity contribution in [3.63, 3.8) is 0 Å². The van der Waals surface area contributed by atoms with Crippen LogP contribution >= 0.6 is 0 Å². The first-order chi connectivity index (χ1) is 11.7. The fourth-order valence-electron chi connectivity index (χ4n) is 3.91. The predicted molar refractivity (Wildman–Crippen MR) is 91.6 cm³/mol. The Morgan fingerprint density at radius 3 is 2.67 bits per heavy atom. The number of unbranched alkanes of at least 4 members (excludes halogenated alkanes) is 3. The van der Waals surface area contributed by atoms with E-state index >= 15 is 0 Å². The second-order valence-electron chi connectivity index (χ2n) is 7.12. The molecule has 1 aliphatic heterocycles. The second kappa shape index (κ2) is 10.4. The number of hydrogen-bond acceptors (Lipinski definition) is 5. The number of rotatable bonds is 10. The molecule has 3 unspecified atom stereocenters. The predicted octanol–water partition coefficient (Wildman–Crippen LogP) is 3.57. The third-order valence-electron chi connectivity index (χ3n) is 5.38. The smallest absolute Gasteiger partial charge is 0.314 e. The molecule has 0 aromatic carbocycles. The van der Waals surface area contributed by atoms with E-state index in [4.69, 9.17) is 14.2 Å². The highest BCUT2D eigenvalue weighted by Crippen LogP contribution is 2.43. The third-order valence-corrected chi connectivity index (χ3v) is 5.38. The highest BCUT2D eigenvalue weighted by molar-refractivity contribution is 5.78. The molecule has 2 fully saturated rings. The molecule has 0 aromatic heterocycles. The third kappa shape index (κ3) is 5.43. The molecule has 0 bridgehead atoms. The van der Waals surface area contributed by atoms with Crippen LogP contribution in [-0.4, -0.2) is 43.3 Å². The van der Waals surface area contributed by atoms with Gasteiger partial charge in [-0.3, -0.25) is 4.79 Å². The van der Waals surface area contributed by atoms with Gasteiger partial charge in [-0.15, -0.1) is 0 Å². The number of aliphatic hydroxyl groups is 1. The first-order valence-corrected chi connectivity index (χ1v) is 9.77. The highest BCUT2D eigenvalue weighted by atomic mass is 16.7. The van der Waals surface area contributed by atoms with Gasteiger partial charge in [0.05, 0.1) is 18.1 Å². The molecule has 2 rings (SSSR count). The van der Waals surface area contributed by atoms with Crippen LogP contribution in [0, 0.1) is 5.41 Å². The summed E-state index contributed by atoms with van der Waals surface area (Å²) < 4.78 is 16.5. The number of hydrogen-bond donors (Lipinski definition) is 1. The van der Waals surface area contributed by atoms with E-state index in [1.54, 1.807) is 0 Å². The van der Waals surface area contributed by atoms with E-state index in [0.717, 1.165) is 71.0 Å². The van der Waals surface area contributed by atoms with E-state index in [2.05, 4.69) is 0 Å². The van der Waals surface area contributed by atoms with Gasteiger partial charge in [0.1, 0.15) is 0 Å². The number of aliphatic hydroxyl groups excluding tert-OH is 1. The number of esters is 1. The van der Waals surface area contributed by atoms with Crippen molar-refractivity contribution in [3.8, 4) is 0 Å². The largest absolute Gasteiger partial charge is 0.465 e. The van der Waals surface area contributed by atoms with E-state index < -0.39 is 11.5 Å². The van der Waals surface area contributed by atoms with Crippen LogP contribution in [0.3, 0.4) is 0 Å². The summed E-state index contributed by atoms with van der Waals surface area (Å²) in [5.74, 6) is -0.201. The molecule has 1 aliphatic carbocycles. The summed E-state index contributed by atoms with van der Waals surface area (Å²) in [4.78, 5) is 12.3. The van der Waals surface area contributed by atoms with Crippen LogP contribution in [-0.2, 0) is 19.0 Å². The number of ether oxygens (including phenoxy) is 3. The summed E-state index contributed by atoms with van der Waals surface area (Å²) in [5.41, 5.74) is -0.650. The van der Waals surface area contributed by atoms with Gasteiger partial charge in [-0.1, -0.05) is 19.3 Å². The highest BCUT2D eigenvalue weighted by Gasteiger charge is 2.48. The van der Waals surface area contributed by atoms with Gasteiger partial charge in [-0.2, -0.15) is 0 Å². The van der Waals surface area contributed by atoms with Gasteiger partial charge in [0.15, 0.2) is 6.29 Å². The summed E-state index contributed by atoms with van der Waals surface area (Å²) in [5, 5.41) is 10.3. The van der Waals surface area contributed by atoms with Gasteiger partial charge in [0.25, 0.3) is 0 Å². The molecule has 0 spiro atoms. The standard InChI is InChI=1S/C19H34O5/c1-2-22-18(21)19(13-9-10-16(19)20)12-6-3-4-7-14-23-17-11-5-8-15-24-17/h16-17,20H,2-15H2,1H3. The molecule has 0 amide bonds. The lowest BCUT2D eigenvalue weighted by molar-refractivity contribution is -0.163. The van der Waals surface area contributed by atoms with Crippen LogP contribution < -0.4 is 0 Å². The minimum absolute atomic E-state index is 0.000491. The van der Waals surface area contributed by atoms with Crippen LogP contribution in [0.25, 0.3) is 0 Å². The molecule has 2 aliphatic rings. The average Bonchev–Trinajstić information content (AvgIpc) is 2.97. The zero-order chi connectivity index (χ0) is 17.3. The fraction of sp³-hybridized carbons (Fsp3) is 0.947. The molecule has 0 aromatic rings. The number of carbonyl (C=O) groups excluding carboxylic acids is 1. The molecule has 1 heterocycles. The van der Waals surface area contributed by atoms with E-state index in [-0.39, 0.29) is 12.3 Å². The lowest BCUT2D eigenvalue weighted by Crippen LogP contribution is -2.39. The van der Waals surface area contributed by atoms with Crippen LogP contribution in [0.5, 0.6) is 0 Å². The van der Waals surface area contributed by atoms with Gasteiger partial charge in [0, 0.05) is 13.2 Å². The van der Waals surface area contributed by atoms with Crippen molar-refractivity contribution in [1.82, 2.24) is 0 Å². The SMILES string of the molecule is CCOC(=O)C1(CCCCCCOC2CCCCO2)CCCC1O. The Balaban J connectivity index is 1.60. The summed E-state index contributed by atoms with van der Waals surface area (Å²) in [6.07, 6.45) is 10.1. The van der Waals surface area contributed by atoms with Crippen molar-refractivity contribution in [2.75, 3.05) is 19.8 Å². The quantitative estimate of drug-likeness (QED) is 0.486. The molecule has 5 nitrogen and oxygen atoms in total. The molecule has 1 N–H and O–H groups in total. The average molecular weight is 342 g/mol. The van der Waals surface area contributed by atoms with Crippen molar-refractivity contribution in [2.24, 2.45) is 5.41 Å². The summed E-state index contributed by atoms with van der Waals surface area (Å²) >= 11 is 0. The van der Waals surface area contributed by atoms with Crippen molar-refractivity contribution in [2.45, 2.75) is 89.9 Å². The minimum atomic E-state index is -0.650. The van der Waals surface area contributed by atoms with Crippen LogP contribution in [0.15, 0.2) is 0 Å². The van der Waals surface area contributed by atoms with Gasteiger partial charge in [-0.05, 0) is 58.3 Å². The zero-order valence-corrected chi connectivity index (χ0v) is 15.1. The van der Waals surface area contributed by atoms with Crippen LogP contribution in [0.4, 0.5) is 0 Å². The summed E-state index contributed by atoms with van der Waals surface area (Å²) in [7, 11) is 0. The number of carbonyl (C=O) groups is 1. The molecule has 1 saturated carbocycles. The molecule has 1 saturated heterocycles. The Morgan fingerprint density at radius 2 is 2.00 bits per heavy atom. The molecule has 5 heteroatoms. The Hall–Kier alpha value is -0.650. The Bertz CT molecular complexity index is 367. The first kappa shape index (κ1) is 19.7. The van der Waals surface area contributed by atoms with Gasteiger partial charge >= 0.3 is 5.97 Å². The fourth-order valence-corrected chi connectivity index (χ4v) is 3.91. The van der Waals surface area contributed by atoms with Crippen LogP contribution in [0.1, 0.15) is 77.6 Å². The molecule has 0 radical (unpaired) electrons. The van der Waals surface area contributed by atoms with E-state index in [1.165, 1.54) is 6.42 Å². The maximum absolute atomic E-state index is 12.3. The normalized spacial score (nSPS) is 30.4. The maximum atomic E-state index is 12.3. The lowest BCUT2D eigenvalue weighted by Gasteiger charge is -2.30. The monoisotopic (exact) mass is 342 g/mol. The first-order valence-electron chi connectivity index (χ1n) is 9.77. The van der Waals surface area contributed by atoms with E-state index in [1.807, 2.05) is 6.92 Å². The van der Waals surface area contributed by atoms with Gasteiger partial charge in [0.2, 0.25) is 0 Å². The Labute approximate surface area is 146 Å². The second-order valence-corrected chi connectivity index (χ2v) is 7.12. The Morgan fingerprint density at radius 1 is 1.17 bits per heavy atom. The molecular formula is C19H34O5. The van der Waals surface area contributed by atoms with Gasteiger partial charge in [-0.25, -0.2) is 0 Å². The minimum Gasteiger partial charge on any atom is -0.465 e. The lowest BCUT2D eigenvalue weighted by atomic mass is 9.79.